The molecule has 0 saturated carbocycles. The highest BCUT2D eigenvalue weighted by atomic mass is 16.8. The molecule has 1 fully saturated rings. The molecule has 1 aliphatic rings. The van der Waals surface area contributed by atoms with Crippen molar-refractivity contribution in [2.45, 2.75) is 44.1 Å². The molecular weight excluding hydrogens is 604 g/mol. The first-order valence-corrected chi connectivity index (χ1v) is 15.0. The standard InChI is InChI=1S/C37H34O10/c1-37(2)46-31(29(44-35(40)27-19-11-5-12-20-27)23-42-33(38)25-15-7-3-8-16-25)32(47-37)30(45-36(41)28-21-13-6-14-22-28)24-43-34(39)26-17-9-4-10-18-26/h3-22,29-32H,23-24H2,1-2H3/t29-,30-,31+,32+/m0/s1. The Bertz CT molecular complexity index is 1520. The molecule has 0 unspecified atom stereocenters. The van der Waals surface area contributed by atoms with E-state index in [1.54, 1.807) is 135 Å². The number of esters is 4. The lowest BCUT2D eigenvalue weighted by atomic mass is 10.0. The molecule has 0 bridgehead atoms. The van der Waals surface area contributed by atoms with Crippen LogP contribution in [0.2, 0.25) is 0 Å². The molecule has 0 aromatic heterocycles. The maximum atomic E-state index is 13.3. The SMILES string of the molecule is CC1(C)O[C@H]([C@H](COC(=O)c2ccccc2)OC(=O)c2ccccc2)[C@@H]([C@H](COC(=O)c2ccccc2)OC(=O)c2ccccc2)O1. The molecule has 47 heavy (non-hydrogen) atoms. The quantitative estimate of drug-likeness (QED) is 0.142. The lowest BCUT2D eigenvalue weighted by molar-refractivity contribution is -0.164. The second-order valence-electron chi connectivity index (χ2n) is 11.1. The van der Waals surface area contributed by atoms with Gasteiger partial charge in [-0.25, -0.2) is 19.2 Å². The number of carbonyl (C=O) groups is 4. The summed E-state index contributed by atoms with van der Waals surface area (Å²) < 4.78 is 35.5. The van der Waals surface area contributed by atoms with E-state index in [1.807, 2.05) is 0 Å². The van der Waals surface area contributed by atoms with Crippen LogP contribution in [0.4, 0.5) is 0 Å². The van der Waals surface area contributed by atoms with E-state index >= 15 is 0 Å². The molecule has 0 radical (unpaired) electrons. The fourth-order valence-corrected chi connectivity index (χ4v) is 4.97. The third-order valence-corrected chi connectivity index (χ3v) is 7.21. The van der Waals surface area contributed by atoms with E-state index in [4.69, 9.17) is 28.4 Å². The van der Waals surface area contributed by atoms with Crippen LogP contribution in [-0.2, 0) is 28.4 Å². The zero-order valence-electron chi connectivity index (χ0n) is 25.9. The second kappa shape index (κ2) is 15.3. The number of benzene rings is 4. The van der Waals surface area contributed by atoms with Crippen LogP contribution < -0.4 is 0 Å². The van der Waals surface area contributed by atoms with Gasteiger partial charge in [-0.15, -0.1) is 0 Å². The van der Waals surface area contributed by atoms with Crippen molar-refractivity contribution in [2.24, 2.45) is 0 Å². The molecular formula is C37H34O10. The summed E-state index contributed by atoms with van der Waals surface area (Å²) in [6.45, 7) is 2.43. The summed E-state index contributed by atoms with van der Waals surface area (Å²) in [7, 11) is 0. The molecule has 4 atom stereocenters. The normalized spacial score (nSPS) is 17.9. The molecule has 1 saturated heterocycles. The van der Waals surface area contributed by atoms with Gasteiger partial charge in [-0.3, -0.25) is 0 Å². The van der Waals surface area contributed by atoms with Crippen LogP contribution in [0.15, 0.2) is 121 Å². The molecule has 1 aliphatic heterocycles. The van der Waals surface area contributed by atoms with Gasteiger partial charge in [-0.05, 0) is 62.4 Å². The Balaban J connectivity index is 1.44. The van der Waals surface area contributed by atoms with Crippen LogP contribution in [0.3, 0.4) is 0 Å². The minimum atomic E-state index is -1.27. The molecule has 0 aliphatic carbocycles. The van der Waals surface area contributed by atoms with E-state index in [9.17, 15) is 19.2 Å². The van der Waals surface area contributed by atoms with Crippen molar-refractivity contribution in [2.75, 3.05) is 13.2 Å². The summed E-state index contributed by atoms with van der Waals surface area (Å²) in [5, 5.41) is 0. The molecule has 0 amide bonds. The van der Waals surface area contributed by atoms with Gasteiger partial charge in [0.1, 0.15) is 25.4 Å². The summed E-state index contributed by atoms with van der Waals surface area (Å²) in [5.74, 6) is -3.97. The first-order valence-electron chi connectivity index (χ1n) is 15.0. The van der Waals surface area contributed by atoms with Crippen LogP contribution in [-0.4, -0.2) is 67.3 Å². The number of carbonyl (C=O) groups excluding carboxylic acids is 4. The topological polar surface area (TPSA) is 124 Å². The van der Waals surface area contributed by atoms with Gasteiger partial charge in [-0.2, -0.15) is 0 Å². The summed E-state index contributed by atoms with van der Waals surface area (Å²) in [6, 6.07) is 33.2. The Labute approximate surface area is 272 Å². The zero-order chi connectivity index (χ0) is 33.2. The van der Waals surface area contributed by atoms with Crippen LogP contribution in [0.25, 0.3) is 0 Å². The van der Waals surface area contributed by atoms with Gasteiger partial charge in [0.15, 0.2) is 18.0 Å². The monoisotopic (exact) mass is 638 g/mol. The second-order valence-corrected chi connectivity index (χ2v) is 11.1. The number of hydrogen-bond donors (Lipinski definition) is 0. The molecule has 4 aromatic rings. The lowest BCUT2D eigenvalue weighted by Gasteiger charge is -2.30. The van der Waals surface area contributed by atoms with Crippen LogP contribution in [0.5, 0.6) is 0 Å². The Hall–Kier alpha value is -5.32. The summed E-state index contributed by atoms with van der Waals surface area (Å²) in [6.07, 6.45) is -4.73. The highest BCUT2D eigenvalue weighted by Crippen LogP contribution is 2.35. The summed E-state index contributed by atoms with van der Waals surface area (Å²) in [4.78, 5) is 52.4. The Morgan fingerprint density at radius 3 is 1.09 bits per heavy atom. The third kappa shape index (κ3) is 8.90. The molecule has 4 aromatic carbocycles. The number of rotatable bonds is 12. The molecule has 10 heteroatoms. The average molecular weight is 639 g/mol. The minimum absolute atomic E-state index is 0.255. The highest BCUT2D eigenvalue weighted by Gasteiger charge is 2.52. The van der Waals surface area contributed by atoms with E-state index < -0.39 is 67.3 Å². The molecule has 0 spiro atoms. The van der Waals surface area contributed by atoms with Crippen LogP contribution >= 0.6 is 0 Å². The largest absolute Gasteiger partial charge is 0.458 e. The van der Waals surface area contributed by atoms with E-state index in [0.29, 0.717) is 11.1 Å². The van der Waals surface area contributed by atoms with E-state index in [2.05, 4.69) is 0 Å². The maximum Gasteiger partial charge on any atom is 0.338 e. The number of hydrogen-bond acceptors (Lipinski definition) is 10. The van der Waals surface area contributed by atoms with Gasteiger partial charge in [0.2, 0.25) is 0 Å². The average Bonchev–Trinajstić information content (AvgIpc) is 3.44. The maximum absolute atomic E-state index is 13.3. The fraction of sp³-hybridized carbons (Fsp3) is 0.243. The first kappa shape index (κ1) is 33.1. The fourth-order valence-electron chi connectivity index (χ4n) is 4.97. The van der Waals surface area contributed by atoms with Gasteiger partial charge >= 0.3 is 23.9 Å². The van der Waals surface area contributed by atoms with Crippen molar-refractivity contribution in [3.05, 3.63) is 144 Å². The van der Waals surface area contributed by atoms with Gasteiger partial charge in [0.05, 0.1) is 22.3 Å². The predicted octanol–water partition coefficient (Wildman–Crippen LogP) is 5.67. The van der Waals surface area contributed by atoms with Crippen molar-refractivity contribution in [1.82, 2.24) is 0 Å². The molecule has 242 valence electrons. The molecule has 0 N–H and O–H groups in total. The van der Waals surface area contributed by atoms with Crippen molar-refractivity contribution in [3.63, 3.8) is 0 Å². The van der Waals surface area contributed by atoms with Crippen LogP contribution in [0.1, 0.15) is 55.3 Å². The predicted molar refractivity (Wildman–Crippen MR) is 169 cm³/mol. The number of ether oxygens (including phenoxy) is 6. The molecule has 5 rings (SSSR count). The first-order chi connectivity index (χ1) is 22.7. The highest BCUT2D eigenvalue weighted by molar-refractivity contribution is 5.91. The van der Waals surface area contributed by atoms with E-state index in [-0.39, 0.29) is 11.1 Å². The smallest absolute Gasteiger partial charge is 0.338 e. The van der Waals surface area contributed by atoms with Crippen molar-refractivity contribution in [1.29, 1.82) is 0 Å². The van der Waals surface area contributed by atoms with E-state index in [0.717, 1.165) is 0 Å². The van der Waals surface area contributed by atoms with E-state index in [1.165, 1.54) is 0 Å². The zero-order valence-corrected chi connectivity index (χ0v) is 25.9. The van der Waals surface area contributed by atoms with Gasteiger partial charge in [0, 0.05) is 0 Å². The summed E-state index contributed by atoms with van der Waals surface area (Å²) >= 11 is 0. The van der Waals surface area contributed by atoms with Gasteiger partial charge < -0.3 is 28.4 Å². The Morgan fingerprint density at radius 2 is 0.787 bits per heavy atom. The van der Waals surface area contributed by atoms with Crippen molar-refractivity contribution in [3.8, 4) is 0 Å². The van der Waals surface area contributed by atoms with Crippen LogP contribution in [0, 0.1) is 0 Å². The van der Waals surface area contributed by atoms with Crippen molar-refractivity contribution < 1.29 is 47.6 Å². The Morgan fingerprint density at radius 1 is 0.511 bits per heavy atom. The minimum Gasteiger partial charge on any atom is -0.458 e. The van der Waals surface area contributed by atoms with Crippen molar-refractivity contribution >= 4 is 23.9 Å². The lowest BCUT2D eigenvalue weighted by Crippen LogP contribution is -2.49. The van der Waals surface area contributed by atoms with Gasteiger partial charge in [0.25, 0.3) is 0 Å². The molecule has 10 nitrogen and oxygen atoms in total. The third-order valence-electron chi connectivity index (χ3n) is 7.21. The Kier molecular flexibility index (Phi) is 10.8. The summed E-state index contributed by atoms with van der Waals surface area (Å²) in [5.41, 5.74) is 1.10. The van der Waals surface area contributed by atoms with Gasteiger partial charge in [-0.1, -0.05) is 72.8 Å². The molecule has 1 heterocycles.